The minimum Gasteiger partial charge on any atom is -0.508 e. The van der Waals surface area contributed by atoms with Gasteiger partial charge in [0.05, 0.1) is 23.7 Å². The van der Waals surface area contributed by atoms with Crippen molar-refractivity contribution in [1.82, 2.24) is 40.7 Å². The zero-order valence-corrected chi connectivity index (χ0v) is 44.7. The Morgan fingerprint density at radius 3 is 2.45 bits per heavy atom. The molecular weight excluding hydrogens is 999 g/mol. The van der Waals surface area contributed by atoms with Gasteiger partial charge in [0.1, 0.15) is 46.8 Å². The molecule has 5 aliphatic rings. The second kappa shape index (κ2) is 23.1. The van der Waals surface area contributed by atoms with Gasteiger partial charge in [0.2, 0.25) is 17.7 Å². The summed E-state index contributed by atoms with van der Waals surface area (Å²) in [5.74, 6) is 0.191. The highest BCUT2D eigenvalue weighted by Gasteiger charge is 2.44. The number of aliphatic hydroxyl groups excluding tert-OH is 1. The van der Waals surface area contributed by atoms with E-state index in [1.54, 1.807) is 0 Å². The molecule has 410 valence electrons. The highest BCUT2D eigenvalue weighted by atomic mass is 19.1. The zero-order chi connectivity index (χ0) is 54.8. The fourth-order valence-electron chi connectivity index (χ4n) is 11.6. The zero-order valence-electron chi connectivity index (χ0n) is 44.7. The SMILES string of the molecule is C#Cc1c(F)ccc2cc(O)cc(-c3ncc4c(N5CC6CCC(C5)N6)nc(OC5CCN(CCCOCCC(=O)N[C@H](C(=O)N6C[C@H](O)C[C@H]6C(=O)NCc6ccc(C7=C(C)N=CC7)cc6)C(C)(C)C)CC5)nc4c3F)c12. The van der Waals surface area contributed by atoms with E-state index in [9.17, 15) is 24.6 Å². The Morgan fingerprint density at radius 1 is 0.987 bits per heavy atom. The van der Waals surface area contributed by atoms with Gasteiger partial charge in [-0.2, -0.15) is 9.97 Å². The fraction of sp³-hybridized carbons (Fsp3) is 0.475. The lowest BCUT2D eigenvalue weighted by molar-refractivity contribution is -0.144. The Balaban J connectivity index is 0.706. The van der Waals surface area contributed by atoms with E-state index in [-0.39, 0.29) is 102 Å². The van der Waals surface area contributed by atoms with Gasteiger partial charge in [-0.3, -0.25) is 24.4 Å². The van der Waals surface area contributed by atoms with E-state index in [1.165, 1.54) is 40.9 Å². The van der Waals surface area contributed by atoms with Crippen LogP contribution in [0.3, 0.4) is 0 Å². The molecule has 19 heteroatoms. The van der Waals surface area contributed by atoms with E-state index in [0.717, 1.165) is 62.1 Å². The van der Waals surface area contributed by atoms with Crippen LogP contribution in [0.1, 0.15) is 95.8 Å². The number of ether oxygens (including phenoxy) is 2. The van der Waals surface area contributed by atoms with Crippen LogP contribution in [0.4, 0.5) is 14.6 Å². The summed E-state index contributed by atoms with van der Waals surface area (Å²) < 4.78 is 44.5. The van der Waals surface area contributed by atoms with Gasteiger partial charge in [-0.25, -0.2) is 8.78 Å². The topological polar surface area (TPSA) is 207 Å². The number of carbonyl (C=O) groups excluding carboxylic acids is 3. The maximum atomic E-state index is 17.1. The van der Waals surface area contributed by atoms with Crippen molar-refractivity contribution in [3.8, 4) is 35.4 Å². The van der Waals surface area contributed by atoms with Gasteiger partial charge in [0.25, 0.3) is 0 Å². The number of phenolic OH excluding ortho intramolecular Hbond substituents is 1. The van der Waals surface area contributed by atoms with Crippen molar-refractivity contribution in [3.05, 3.63) is 88.7 Å². The standard InChI is InChI=1S/C59H68F2N10O7/c1-6-43-47(60)15-12-37-26-40(72)27-45(50(37)43)52-51(61)53-46(30-63-52)55(70-31-38-13-14-39(32-70)65-38)68-58(67-53)78-42-17-22-69(23-18-42)21-7-24-77-25-19-49(74)66-54(59(3,4)5)57(76)71-33-41(73)28-48(71)56(75)64-29-35-8-10-36(11-9-35)44-16-20-62-34(44)2/h1,8-12,15,20,26-27,30,38-39,41-42,48,54,65,72-73H,7,13-14,16-19,21-25,28-29,31-33H2,2-5H3,(H,64,75)(H,66,74)/t38?,39?,41-,48+,54-/m1/s1. The van der Waals surface area contributed by atoms with E-state index in [4.69, 9.17) is 20.9 Å². The van der Waals surface area contributed by atoms with Crippen LogP contribution in [0.5, 0.6) is 11.8 Å². The minimum absolute atomic E-state index is 0.00564. The summed E-state index contributed by atoms with van der Waals surface area (Å²) in [5.41, 5.74) is 3.38. The van der Waals surface area contributed by atoms with Gasteiger partial charge in [-0.05, 0) is 84.7 Å². The molecule has 5 atom stereocenters. The maximum absolute atomic E-state index is 17.1. The van der Waals surface area contributed by atoms with Crippen LogP contribution in [0, 0.1) is 29.4 Å². The van der Waals surface area contributed by atoms with Gasteiger partial charge >= 0.3 is 6.01 Å². The summed E-state index contributed by atoms with van der Waals surface area (Å²) in [6.07, 6.45) is 13.1. The van der Waals surface area contributed by atoms with Gasteiger partial charge < -0.3 is 50.3 Å². The third-order valence-electron chi connectivity index (χ3n) is 15.7. The predicted molar refractivity (Wildman–Crippen MR) is 294 cm³/mol. The number of phenols is 1. The lowest BCUT2D eigenvalue weighted by Crippen LogP contribution is -2.57. The van der Waals surface area contributed by atoms with Crippen molar-refractivity contribution in [1.29, 1.82) is 0 Å². The Bertz CT molecular complexity index is 3190. The number of aromatic nitrogens is 3. The molecule has 5 aliphatic heterocycles. The number of pyridine rings is 1. The van der Waals surface area contributed by atoms with Crippen molar-refractivity contribution in [2.24, 2.45) is 10.4 Å². The molecule has 0 saturated carbocycles. The molecule has 2 aromatic heterocycles. The normalized spacial score (nSPS) is 21.2. The number of β-amino-alcohol motifs (C(OH)–C–C–N with tert-alkyl or cyclic N) is 1. The number of piperazine rings is 1. The third kappa shape index (κ3) is 11.8. The highest BCUT2D eigenvalue weighted by molar-refractivity contribution is 6.03. The third-order valence-corrected chi connectivity index (χ3v) is 15.7. The van der Waals surface area contributed by atoms with Crippen molar-refractivity contribution in [2.75, 3.05) is 57.4 Å². The van der Waals surface area contributed by atoms with E-state index >= 15 is 8.78 Å². The van der Waals surface area contributed by atoms with Crippen LogP contribution in [-0.4, -0.2) is 148 Å². The van der Waals surface area contributed by atoms with Crippen LogP contribution in [0.25, 0.3) is 38.5 Å². The van der Waals surface area contributed by atoms with Crippen LogP contribution < -0.4 is 25.6 Å². The van der Waals surface area contributed by atoms with Gasteiger partial charge in [0.15, 0.2) is 5.82 Å². The molecule has 3 amide bonds. The number of likely N-dealkylation sites (tertiary alicyclic amines) is 2. The first-order valence-electron chi connectivity index (χ1n) is 27.1. The quantitative estimate of drug-likeness (QED) is 0.0505. The van der Waals surface area contributed by atoms with Crippen LogP contribution in [-0.2, 0) is 25.7 Å². The number of aromatic hydroxyl groups is 1. The Hall–Kier alpha value is -7.11. The Labute approximate surface area is 452 Å². The molecule has 3 aromatic carbocycles. The summed E-state index contributed by atoms with van der Waals surface area (Å²) in [7, 11) is 0. The number of hydrogen-bond acceptors (Lipinski definition) is 14. The lowest BCUT2D eigenvalue weighted by atomic mass is 9.85. The molecule has 0 spiro atoms. The largest absolute Gasteiger partial charge is 0.508 e. The van der Waals surface area contributed by atoms with Gasteiger partial charge in [-0.1, -0.05) is 57.0 Å². The molecule has 4 fully saturated rings. The predicted octanol–water partition coefficient (Wildman–Crippen LogP) is 6.41. The molecule has 78 heavy (non-hydrogen) atoms. The first-order chi connectivity index (χ1) is 37.5. The highest BCUT2D eigenvalue weighted by Crippen LogP contribution is 2.40. The summed E-state index contributed by atoms with van der Waals surface area (Å²) in [6.45, 7) is 11.9. The number of terminal acetylenes is 1. The van der Waals surface area contributed by atoms with E-state index in [0.29, 0.717) is 49.1 Å². The molecule has 10 rings (SSSR count). The number of anilines is 1. The summed E-state index contributed by atoms with van der Waals surface area (Å²) in [6, 6.07) is 12.2. The second-order valence-corrected chi connectivity index (χ2v) is 22.3. The number of nitrogens with one attached hydrogen (secondary N) is 3. The monoisotopic (exact) mass is 1070 g/mol. The lowest BCUT2D eigenvalue weighted by Gasteiger charge is -2.35. The molecule has 0 aliphatic carbocycles. The van der Waals surface area contributed by atoms with Crippen LogP contribution >= 0.6 is 0 Å². The van der Waals surface area contributed by atoms with Crippen LogP contribution in [0.15, 0.2) is 65.4 Å². The van der Waals surface area contributed by atoms with Crippen LogP contribution in [0.2, 0.25) is 0 Å². The smallest absolute Gasteiger partial charge is 0.319 e. The average molecular weight is 1070 g/mol. The van der Waals surface area contributed by atoms with Gasteiger partial charge in [-0.15, -0.1) is 6.42 Å². The minimum atomic E-state index is -0.945. The molecular formula is C59H68F2N10O7. The number of halogens is 2. The number of aliphatic hydroxyl groups is 1. The Kier molecular flexibility index (Phi) is 16.1. The van der Waals surface area contributed by atoms with Crippen molar-refractivity contribution in [3.63, 3.8) is 0 Å². The van der Waals surface area contributed by atoms with Gasteiger partial charge in [0, 0.05) is 113 Å². The molecule has 17 nitrogen and oxygen atoms in total. The molecule has 0 radical (unpaired) electrons. The first kappa shape index (κ1) is 54.3. The molecule has 5 N–H and O–H groups in total. The molecule has 2 unspecified atom stereocenters. The number of aliphatic imine (C=N–C) groups is 1. The van der Waals surface area contributed by atoms with Crippen molar-refractivity contribution >= 4 is 57.0 Å². The van der Waals surface area contributed by atoms with E-state index in [2.05, 4.69) is 46.6 Å². The number of fused-ring (bicyclic) bond motifs is 4. The molecule has 2 bridgehead atoms. The molecule has 7 heterocycles. The summed E-state index contributed by atoms with van der Waals surface area (Å²) in [4.78, 5) is 65.3. The maximum Gasteiger partial charge on any atom is 0.319 e. The number of hydrogen-bond donors (Lipinski definition) is 5. The Morgan fingerprint density at radius 2 is 1.74 bits per heavy atom. The number of carbonyl (C=O) groups is 3. The van der Waals surface area contributed by atoms with Crippen molar-refractivity contribution in [2.45, 2.75) is 122 Å². The number of amides is 3. The number of piperidine rings is 1. The van der Waals surface area contributed by atoms with E-state index < -0.39 is 41.1 Å². The first-order valence-corrected chi connectivity index (χ1v) is 27.1. The number of allylic oxidation sites excluding steroid dienone is 2. The number of nitrogens with zero attached hydrogens (tertiary/aromatic N) is 7. The number of rotatable bonds is 17. The average Bonchev–Trinajstić information content (AvgIpc) is 4.25. The molecule has 4 saturated heterocycles. The number of benzene rings is 3. The second-order valence-electron chi connectivity index (χ2n) is 22.3. The molecule has 5 aromatic rings. The van der Waals surface area contributed by atoms with E-state index in [1.807, 2.05) is 58.2 Å². The summed E-state index contributed by atoms with van der Waals surface area (Å²) >= 11 is 0. The fourth-order valence-corrected chi connectivity index (χ4v) is 11.6. The summed E-state index contributed by atoms with van der Waals surface area (Å²) in [5, 5.41) is 31.9. The van der Waals surface area contributed by atoms with Crippen molar-refractivity contribution < 1.29 is 42.9 Å².